The summed E-state index contributed by atoms with van der Waals surface area (Å²) in [6, 6.07) is 2.02. The van der Waals surface area contributed by atoms with Crippen LogP contribution in [0.2, 0.25) is 0 Å². The van der Waals surface area contributed by atoms with Gasteiger partial charge in [-0.2, -0.15) is 5.10 Å². The molecular weight excluding hydrogens is 318 g/mol. The topological polar surface area (TPSA) is 43.0 Å². The maximum Gasteiger partial charge on any atom is 0.0832 e. The first kappa shape index (κ1) is 13.9. The molecule has 0 spiro atoms. The lowest BCUT2D eigenvalue weighted by Crippen LogP contribution is -2.05. The molecule has 4 nitrogen and oxygen atoms in total. The van der Waals surface area contributed by atoms with E-state index in [0.717, 1.165) is 47.2 Å². The van der Waals surface area contributed by atoms with Crippen LogP contribution in [-0.2, 0) is 20.0 Å². The molecular formula is C15H20BrN3O. The summed E-state index contributed by atoms with van der Waals surface area (Å²) >= 11 is 3.64. The van der Waals surface area contributed by atoms with Crippen LogP contribution in [-0.4, -0.2) is 19.5 Å². The van der Waals surface area contributed by atoms with Crippen LogP contribution in [0.4, 0.5) is 0 Å². The summed E-state index contributed by atoms with van der Waals surface area (Å²) < 4.78 is 5.14. The average molecular weight is 338 g/mol. The molecule has 3 rings (SSSR count). The van der Waals surface area contributed by atoms with Gasteiger partial charge in [0, 0.05) is 19.4 Å². The van der Waals surface area contributed by atoms with Gasteiger partial charge in [-0.05, 0) is 52.7 Å². The normalized spacial score (nSPS) is 16.6. The van der Waals surface area contributed by atoms with Gasteiger partial charge in [0.2, 0.25) is 0 Å². The molecule has 0 radical (unpaired) electrons. The summed E-state index contributed by atoms with van der Waals surface area (Å²) in [5.74, 6) is 0.473. The van der Waals surface area contributed by atoms with E-state index in [9.17, 15) is 5.11 Å². The highest BCUT2D eigenvalue weighted by molar-refractivity contribution is 9.10. The Hall–Kier alpha value is -1.07. The maximum absolute atomic E-state index is 10.2. The van der Waals surface area contributed by atoms with Crippen LogP contribution in [0.25, 0.3) is 0 Å². The zero-order chi connectivity index (χ0) is 14.3. The number of nitrogens with zero attached hydrogens (tertiary/aromatic N) is 3. The molecule has 2 heterocycles. The fraction of sp³-hybridized carbons (Fsp3) is 0.533. The van der Waals surface area contributed by atoms with E-state index in [2.05, 4.69) is 32.5 Å². The van der Waals surface area contributed by atoms with E-state index in [1.165, 1.54) is 0 Å². The van der Waals surface area contributed by atoms with Crippen LogP contribution in [0.3, 0.4) is 0 Å². The maximum atomic E-state index is 10.2. The SMILES string of the molecule is CCc1nn(C)c(Cn2ccc(C(O)C3CC3)c2)c1Br. The molecule has 2 aromatic heterocycles. The standard InChI is InChI=1S/C15H20BrN3O/c1-3-12-14(16)13(18(2)17-12)9-19-7-6-11(8-19)15(20)10-4-5-10/h6-8,10,15,20H,3-5,9H2,1-2H3. The highest BCUT2D eigenvalue weighted by atomic mass is 79.9. The van der Waals surface area contributed by atoms with Gasteiger partial charge in [-0.1, -0.05) is 6.92 Å². The smallest absolute Gasteiger partial charge is 0.0832 e. The quantitative estimate of drug-likeness (QED) is 0.911. The van der Waals surface area contributed by atoms with Gasteiger partial charge >= 0.3 is 0 Å². The number of hydrogen-bond acceptors (Lipinski definition) is 2. The summed E-state index contributed by atoms with van der Waals surface area (Å²) in [6.45, 7) is 2.87. The minimum Gasteiger partial charge on any atom is -0.388 e. The molecule has 0 aliphatic heterocycles. The van der Waals surface area contributed by atoms with Gasteiger partial charge in [0.25, 0.3) is 0 Å². The third-order valence-corrected chi connectivity index (χ3v) is 4.93. The summed E-state index contributed by atoms with van der Waals surface area (Å²) in [6.07, 6.45) is 7.02. The number of aliphatic hydroxyl groups excluding tert-OH is 1. The zero-order valence-corrected chi connectivity index (χ0v) is 13.5. The Morgan fingerprint density at radius 1 is 1.50 bits per heavy atom. The van der Waals surface area contributed by atoms with Crippen molar-refractivity contribution in [3.05, 3.63) is 39.9 Å². The van der Waals surface area contributed by atoms with Crippen LogP contribution in [0.5, 0.6) is 0 Å². The third kappa shape index (κ3) is 2.56. The van der Waals surface area contributed by atoms with Crippen molar-refractivity contribution in [2.24, 2.45) is 13.0 Å². The molecule has 0 amide bonds. The Morgan fingerprint density at radius 2 is 2.25 bits per heavy atom. The van der Waals surface area contributed by atoms with Gasteiger partial charge in [-0.25, -0.2) is 0 Å². The molecule has 1 fully saturated rings. The molecule has 0 bridgehead atoms. The van der Waals surface area contributed by atoms with Crippen molar-refractivity contribution < 1.29 is 5.11 Å². The van der Waals surface area contributed by atoms with Gasteiger partial charge in [-0.15, -0.1) is 0 Å². The average Bonchev–Trinajstić information content (AvgIpc) is 3.13. The van der Waals surface area contributed by atoms with Gasteiger partial charge < -0.3 is 9.67 Å². The van der Waals surface area contributed by atoms with Crippen molar-refractivity contribution in [2.75, 3.05) is 0 Å². The van der Waals surface area contributed by atoms with Gasteiger partial charge in [-0.3, -0.25) is 4.68 Å². The number of aromatic nitrogens is 3. The van der Waals surface area contributed by atoms with Crippen LogP contribution < -0.4 is 0 Å². The van der Waals surface area contributed by atoms with Crippen molar-refractivity contribution in [1.82, 2.24) is 14.3 Å². The van der Waals surface area contributed by atoms with Crippen LogP contribution in [0.15, 0.2) is 22.9 Å². The van der Waals surface area contributed by atoms with E-state index in [1.807, 2.05) is 30.2 Å². The molecule has 1 N–H and O–H groups in total. The second kappa shape index (κ2) is 5.37. The monoisotopic (exact) mass is 337 g/mol. The van der Waals surface area contributed by atoms with Crippen molar-refractivity contribution >= 4 is 15.9 Å². The van der Waals surface area contributed by atoms with E-state index in [4.69, 9.17) is 0 Å². The summed E-state index contributed by atoms with van der Waals surface area (Å²) in [7, 11) is 1.97. The minimum absolute atomic E-state index is 0.294. The molecule has 20 heavy (non-hydrogen) atoms. The third-order valence-electron chi connectivity index (χ3n) is 4.02. The first-order valence-corrected chi connectivity index (χ1v) is 7.93. The lowest BCUT2D eigenvalue weighted by Gasteiger charge is -2.07. The predicted molar refractivity (Wildman–Crippen MR) is 81.5 cm³/mol. The predicted octanol–water partition coefficient (Wildman–Crippen LogP) is 3.04. The first-order valence-electron chi connectivity index (χ1n) is 7.14. The second-order valence-electron chi connectivity index (χ2n) is 5.58. The van der Waals surface area contributed by atoms with E-state index in [0.29, 0.717) is 5.92 Å². The summed E-state index contributed by atoms with van der Waals surface area (Å²) in [5, 5.41) is 14.7. The Labute approximate surface area is 127 Å². The zero-order valence-electron chi connectivity index (χ0n) is 11.9. The molecule has 5 heteroatoms. The van der Waals surface area contributed by atoms with Crippen LogP contribution in [0, 0.1) is 5.92 Å². The van der Waals surface area contributed by atoms with Crippen molar-refractivity contribution in [1.29, 1.82) is 0 Å². The number of aliphatic hydroxyl groups is 1. The van der Waals surface area contributed by atoms with Gasteiger partial charge in [0.05, 0.1) is 28.5 Å². The second-order valence-corrected chi connectivity index (χ2v) is 6.38. The summed E-state index contributed by atoms with van der Waals surface area (Å²) in [4.78, 5) is 0. The lowest BCUT2D eigenvalue weighted by atomic mass is 10.1. The Kier molecular flexibility index (Phi) is 3.73. The first-order chi connectivity index (χ1) is 9.60. The molecule has 108 valence electrons. The van der Waals surface area contributed by atoms with E-state index in [1.54, 1.807) is 0 Å². The van der Waals surface area contributed by atoms with Gasteiger partial charge in [0.1, 0.15) is 0 Å². The number of hydrogen-bond donors (Lipinski definition) is 1. The highest BCUT2D eigenvalue weighted by Crippen LogP contribution is 2.40. The number of halogens is 1. The fourth-order valence-electron chi connectivity index (χ4n) is 2.58. The fourth-order valence-corrected chi connectivity index (χ4v) is 3.32. The largest absolute Gasteiger partial charge is 0.388 e. The van der Waals surface area contributed by atoms with Gasteiger partial charge in [0.15, 0.2) is 0 Å². The molecule has 1 aliphatic carbocycles. The molecule has 1 saturated carbocycles. The number of rotatable bonds is 5. The summed E-state index contributed by atoms with van der Waals surface area (Å²) in [5.41, 5.74) is 3.28. The molecule has 1 unspecified atom stereocenters. The molecule has 2 aromatic rings. The van der Waals surface area contributed by atoms with Crippen LogP contribution in [0.1, 0.15) is 42.8 Å². The molecule has 0 saturated heterocycles. The van der Waals surface area contributed by atoms with E-state index in [-0.39, 0.29) is 6.10 Å². The van der Waals surface area contributed by atoms with Crippen molar-refractivity contribution in [2.45, 2.75) is 38.8 Å². The number of aryl methyl sites for hydroxylation is 2. The molecule has 1 atom stereocenters. The minimum atomic E-state index is -0.294. The van der Waals surface area contributed by atoms with E-state index < -0.39 is 0 Å². The highest BCUT2D eigenvalue weighted by Gasteiger charge is 2.31. The van der Waals surface area contributed by atoms with Crippen molar-refractivity contribution in [3.8, 4) is 0 Å². The van der Waals surface area contributed by atoms with Crippen LogP contribution >= 0.6 is 15.9 Å². The molecule has 0 aromatic carbocycles. The Morgan fingerprint density at radius 3 is 2.85 bits per heavy atom. The Bertz CT molecular complexity index is 613. The Balaban J connectivity index is 1.79. The van der Waals surface area contributed by atoms with Crippen molar-refractivity contribution in [3.63, 3.8) is 0 Å². The van der Waals surface area contributed by atoms with E-state index >= 15 is 0 Å². The molecule has 1 aliphatic rings. The lowest BCUT2D eigenvalue weighted by molar-refractivity contribution is 0.154.